The van der Waals surface area contributed by atoms with Crippen LogP contribution in [0.3, 0.4) is 0 Å². The molecule has 132 heavy (non-hydrogen) atoms. The molecule has 4 aliphatic rings. The van der Waals surface area contributed by atoms with Gasteiger partial charge in [0.1, 0.15) is 90.3 Å². The van der Waals surface area contributed by atoms with Crippen LogP contribution in [0, 0.1) is 0 Å². The number of amides is 18. The van der Waals surface area contributed by atoms with Crippen molar-refractivity contribution < 1.29 is 107 Å². The van der Waals surface area contributed by atoms with Gasteiger partial charge in [-0.2, -0.15) is 0 Å². The normalized spacial score (nSPS) is 25.5. The van der Waals surface area contributed by atoms with Crippen LogP contribution in [0.1, 0.15) is 127 Å². The van der Waals surface area contributed by atoms with Crippen LogP contribution in [-0.4, -0.2) is 325 Å². The first-order valence-electron chi connectivity index (χ1n) is 43.9. The van der Waals surface area contributed by atoms with Crippen molar-refractivity contribution in [3.63, 3.8) is 0 Å². The van der Waals surface area contributed by atoms with Gasteiger partial charge >= 0.3 is 0 Å². The summed E-state index contributed by atoms with van der Waals surface area (Å²) in [4.78, 5) is 276. The number of H-pyrrole nitrogens is 2. The fraction of sp³-hybridized carbons (Fsp3) is 0.511. The minimum Gasteiger partial charge on any atom is -0.508 e. The molecule has 6 heterocycles. The third kappa shape index (κ3) is 27.4. The van der Waals surface area contributed by atoms with Crippen molar-refractivity contribution >= 4 is 134 Å². The molecule has 15 atom stereocenters. The van der Waals surface area contributed by atoms with Crippen molar-refractivity contribution in [1.29, 1.82) is 0 Å². The molecule has 0 aliphatic carbocycles. The summed E-state index contributed by atoms with van der Waals surface area (Å²) in [5, 5.41) is 72.9. The Kier molecular flexibility index (Phi) is 37.3. The number of para-hydroxylation sites is 2. The highest BCUT2D eigenvalue weighted by Gasteiger charge is 2.47. The molecule has 44 nitrogen and oxygen atoms in total. The molecule has 4 aliphatic heterocycles. The molecule has 0 spiro atoms. The predicted molar refractivity (Wildman–Crippen MR) is 476 cm³/mol. The molecule has 714 valence electrons. The number of nitrogens with two attached hydrogens (primary N) is 3. The van der Waals surface area contributed by atoms with Gasteiger partial charge in [-0.15, -0.1) is 0 Å². The standard InChI is InChI=1S/C88H120N22O22/c1-7-9-20-67-81(125)105-66(46-112)80(124)103-64(76(120)96-42-73(91)117)41-93-43-74(118)97-61(32-48-23-25-52(113)26-24-48)84(128)106(4)47(3)75(119)101-63(37-72(90)116)87(131)109-31-15-22-68(109)82(126)99-59(33-49-29-30-92-38-49)77(121)98-58(27-28-71(89)115)86(130)110-44-53(114)36-70(110)83(127)100-60(34-50-39-94-56-18-13-11-16-54(50)56)78(122)104-65(45-111)79(123)102-62(35-51-40-95-57-19-14-12-17-55(51)57)85(129)108(6)69(21-10-8-2)88(132)107(67)5/h11-14,16-19,23-26,30,38-40,47,53,58-70,93-95,111-114H,7-10,15,20-22,27-29,31-37,41-46H2,1-6H3,(H2,89,115)(H2,90,116)(H2,91,117)(H,96,120)(H,97,118)(H,98,121)(H,99,126)(H,100,127)(H,101,119)(H,102,123)(H,103,124)(H,104,122)(H,105,125)/t47-,53+,58-,59-,60-,61-,62-,63-,64-,65-,66-,67-,68-,69-,70-/m0/s1. The lowest BCUT2D eigenvalue weighted by Gasteiger charge is -2.36. The number of nitrogens with zero attached hydrogens (tertiary/aromatic N) is 6. The number of aliphatic imine (C=N–C) groups is 1. The van der Waals surface area contributed by atoms with Gasteiger partial charge in [0.25, 0.3) is 0 Å². The zero-order valence-electron chi connectivity index (χ0n) is 74.4. The summed E-state index contributed by atoms with van der Waals surface area (Å²) < 4.78 is 0. The maximum atomic E-state index is 15.6. The Morgan fingerprint density at radius 3 is 1.61 bits per heavy atom. The second-order valence-corrected chi connectivity index (χ2v) is 33.4. The molecule has 3 fully saturated rings. The molecule has 5 aromatic rings. The maximum absolute atomic E-state index is 15.6. The fourth-order valence-corrected chi connectivity index (χ4v) is 16.3. The summed E-state index contributed by atoms with van der Waals surface area (Å²) in [5.41, 5.74) is 19.7. The first-order valence-corrected chi connectivity index (χ1v) is 43.9. The van der Waals surface area contributed by atoms with Gasteiger partial charge in [-0.1, -0.05) is 88.1 Å². The van der Waals surface area contributed by atoms with E-state index in [-0.39, 0.29) is 76.5 Å². The Bertz CT molecular complexity index is 5110. The number of nitrogens with one attached hydrogen (secondary N) is 13. The Morgan fingerprint density at radius 1 is 0.515 bits per heavy atom. The number of hydrogen-bond donors (Lipinski definition) is 20. The fourth-order valence-electron chi connectivity index (χ4n) is 16.3. The van der Waals surface area contributed by atoms with E-state index in [0.29, 0.717) is 63.3 Å². The van der Waals surface area contributed by atoms with Crippen molar-refractivity contribution in [3.8, 4) is 5.75 Å². The Labute approximate surface area is 760 Å². The number of phenolic OH excluding ortho intramolecular Hbond substituents is 1. The first kappa shape index (κ1) is 102. The molecular weight excluding hydrogens is 1720 g/mol. The molecule has 44 heteroatoms. The quantitative estimate of drug-likeness (QED) is 0.0274. The Hall–Kier alpha value is -13.8. The highest BCUT2D eigenvalue weighted by molar-refractivity contribution is 6.03. The van der Waals surface area contributed by atoms with Gasteiger partial charge in [0, 0.05) is 126 Å². The summed E-state index contributed by atoms with van der Waals surface area (Å²) in [6, 6.07) is -3.78. The number of aliphatic hydroxyl groups is 3. The highest BCUT2D eigenvalue weighted by Crippen LogP contribution is 2.28. The van der Waals surface area contributed by atoms with Crippen LogP contribution in [0.4, 0.5) is 0 Å². The van der Waals surface area contributed by atoms with Crippen LogP contribution in [-0.2, 0) is 106 Å². The van der Waals surface area contributed by atoms with Gasteiger partial charge in [0.15, 0.2) is 0 Å². The summed E-state index contributed by atoms with van der Waals surface area (Å²) >= 11 is 0. The summed E-state index contributed by atoms with van der Waals surface area (Å²) in [6.07, 6.45) is 2.70. The molecule has 9 rings (SSSR count). The first-order chi connectivity index (χ1) is 62.9. The molecular formula is C88H120N22O22. The molecule has 0 radical (unpaired) electrons. The van der Waals surface area contributed by atoms with Crippen molar-refractivity contribution in [2.75, 3.05) is 67.1 Å². The van der Waals surface area contributed by atoms with Crippen LogP contribution in [0.2, 0.25) is 0 Å². The van der Waals surface area contributed by atoms with Gasteiger partial charge in [-0.25, -0.2) is 0 Å². The third-order valence-electron chi connectivity index (χ3n) is 23.8. The van der Waals surface area contributed by atoms with E-state index < -0.39 is 262 Å². The minimum absolute atomic E-state index is 0.0382. The number of aliphatic hydroxyl groups excluding tert-OH is 3. The lowest BCUT2D eigenvalue weighted by Crippen LogP contribution is -2.62. The zero-order valence-corrected chi connectivity index (χ0v) is 74.4. The maximum Gasteiger partial charge on any atom is 0.246 e. The van der Waals surface area contributed by atoms with Crippen molar-refractivity contribution in [2.24, 2.45) is 22.2 Å². The lowest BCUT2D eigenvalue weighted by atomic mass is 10.00. The number of primary amides is 3. The number of aromatic amines is 2. The van der Waals surface area contributed by atoms with E-state index >= 15 is 33.6 Å². The van der Waals surface area contributed by atoms with Crippen LogP contribution in [0.5, 0.6) is 5.75 Å². The number of carbonyl (C=O) groups excluding carboxylic acids is 18. The minimum atomic E-state index is -1.93. The average molecular weight is 1840 g/mol. The van der Waals surface area contributed by atoms with E-state index in [9.17, 15) is 73.2 Å². The van der Waals surface area contributed by atoms with Gasteiger partial charge in [-0.3, -0.25) is 91.3 Å². The predicted octanol–water partition coefficient (Wildman–Crippen LogP) is -5.34. The molecule has 0 saturated carbocycles. The average Bonchev–Trinajstić information content (AvgIpc) is 1.59. The number of benzene rings is 3. The second-order valence-electron chi connectivity index (χ2n) is 33.4. The number of fused-ring (bicyclic) bond motifs is 4. The number of unbranched alkanes of at least 4 members (excludes halogenated alkanes) is 2. The van der Waals surface area contributed by atoms with Crippen molar-refractivity contribution in [1.82, 2.24) is 93.0 Å². The number of aromatic hydroxyl groups is 1. The van der Waals surface area contributed by atoms with E-state index in [1.807, 2.05) is 6.92 Å². The monoisotopic (exact) mass is 1840 g/mol. The Balaban J connectivity index is 1.09. The number of carbonyl (C=O) groups is 18. The van der Waals surface area contributed by atoms with Gasteiger partial charge in [-0.05, 0) is 92.0 Å². The van der Waals surface area contributed by atoms with E-state index in [0.717, 1.165) is 24.5 Å². The van der Waals surface area contributed by atoms with E-state index in [4.69, 9.17) is 17.2 Å². The van der Waals surface area contributed by atoms with Gasteiger partial charge < -0.3 is 131 Å². The van der Waals surface area contributed by atoms with Gasteiger partial charge in [0.2, 0.25) is 106 Å². The molecule has 0 bridgehead atoms. The summed E-state index contributed by atoms with van der Waals surface area (Å²) in [6.45, 7) is -0.290. The lowest BCUT2D eigenvalue weighted by molar-refractivity contribution is -0.149. The molecule has 3 aromatic carbocycles. The third-order valence-corrected chi connectivity index (χ3v) is 23.8. The summed E-state index contributed by atoms with van der Waals surface area (Å²) in [5.74, 6) is -18.5. The molecule has 23 N–H and O–H groups in total. The van der Waals surface area contributed by atoms with Gasteiger partial charge in [0.05, 0.1) is 38.8 Å². The molecule has 18 amide bonds. The van der Waals surface area contributed by atoms with Crippen molar-refractivity contribution in [2.45, 2.75) is 221 Å². The summed E-state index contributed by atoms with van der Waals surface area (Å²) in [7, 11) is 3.78. The molecule has 3 saturated heterocycles. The van der Waals surface area contributed by atoms with Crippen LogP contribution < -0.4 is 75.7 Å². The molecule has 2 aromatic heterocycles. The van der Waals surface area contributed by atoms with Crippen LogP contribution >= 0.6 is 0 Å². The van der Waals surface area contributed by atoms with Crippen LogP contribution in [0.15, 0.2) is 102 Å². The van der Waals surface area contributed by atoms with Crippen LogP contribution in [0.25, 0.3) is 21.8 Å². The smallest absolute Gasteiger partial charge is 0.246 e. The SMILES string of the molecule is CCCC[C@H]1C(=O)N(C)[C@@H](CCCC)C(=O)N[C@@H](CO)C(=O)N[C@H](C(=O)NCC(N)=O)CNCC(=O)N[C@@H](Cc2ccc(O)cc2)C(=O)N(C)[C@@H](C)C(=O)N[C@@H](CC(N)=O)C(=O)N2CCC[C@H]2C(=O)N[C@@H](CC2=CN=CC2)C(=O)N[C@@H](CCC(N)=O)C(=O)N2C[C@H](O)C[C@H]2C(=O)N[C@@H](Cc2c[nH]c3ccccc23)C(=O)N[C@@H](CO)C(=O)N[C@@H](Cc2c[nH]c3ccccc23)C(=O)N1C. The number of hydrogen-bond acceptors (Lipinski definition) is 24. The van der Waals surface area contributed by atoms with E-state index in [1.165, 1.54) is 64.7 Å². The number of phenols is 1. The number of rotatable bonds is 24. The molecule has 0 unspecified atom stereocenters. The van der Waals surface area contributed by atoms with E-state index in [2.05, 4.69) is 73.4 Å². The number of likely N-dealkylation sites (N-methyl/N-ethyl adjacent to an activating group) is 3. The largest absolute Gasteiger partial charge is 0.508 e. The van der Waals surface area contributed by atoms with E-state index in [1.54, 1.807) is 67.8 Å². The number of aromatic nitrogens is 2. The zero-order chi connectivity index (χ0) is 96.3. The topological polar surface area (TPSA) is 659 Å². The van der Waals surface area contributed by atoms with Crippen molar-refractivity contribution in [3.05, 3.63) is 114 Å². The highest BCUT2D eigenvalue weighted by atomic mass is 16.3. The second kappa shape index (κ2) is 48.2. The Morgan fingerprint density at radius 2 is 1.03 bits per heavy atom.